The lowest BCUT2D eigenvalue weighted by Gasteiger charge is -2.38. The summed E-state index contributed by atoms with van der Waals surface area (Å²) in [5.41, 5.74) is 5.67. The number of rotatable bonds is 5. The monoisotopic (exact) mass is 434 g/mol. The molecule has 1 saturated heterocycles. The van der Waals surface area contributed by atoms with Crippen LogP contribution in [0, 0.1) is 5.82 Å². The first-order valence-electron chi connectivity index (χ1n) is 9.33. The number of hydrogen-bond acceptors (Lipinski definition) is 4. The highest BCUT2D eigenvalue weighted by Crippen LogP contribution is 2.29. The third-order valence-corrected chi connectivity index (χ3v) is 5.41. The van der Waals surface area contributed by atoms with Gasteiger partial charge in [-0.25, -0.2) is 4.39 Å². The molecule has 0 bridgehead atoms. The highest BCUT2D eigenvalue weighted by molar-refractivity contribution is 5.94. The Morgan fingerprint density at radius 3 is 2.29 bits per heavy atom. The number of benzene rings is 1. The minimum absolute atomic E-state index is 0. The van der Waals surface area contributed by atoms with E-state index in [1.807, 2.05) is 4.90 Å². The van der Waals surface area contributed by atoms with Crippen molar-refractivity contribution < 1.29 is 14.0 Å². The lowest BCUT2D eigenvalue weighted by Crippen LogP contribution is -2.58. The molecule has 1 aliphatic carbocycles. The van der Waals surface area contributed by atoms with Crippen LogP contribution in [-0.2, 0) is 4.79 Å². The van der Waals surface area contributed by atoms with Crippen molar-refractivity contribution in [3.05, 3.63) is 35.6 Å². The van der Waals surface area contributed by atoms with E-state index in [-0.39, 0.29) is 36.3 Å². The normalized spacial score (nSPS) is 18.7. The molecule has 1 aliphatic heterocycles. The molecule has 0 unspecified atom stereocenters. The molecule has 2 fully saturated rings. The van der Waals surface area contributed by atoms with E-state index in [4.69, 9.17) is 5.73 Å². The smallest absolute Gasteiger partial charge is 0.254 e. The predicted octanol–water partition coefficient (Wildman–Crippen LogP) is 1.81. The molecule has 6 nitrogen and oxygen atoms in total. The van der Waals surface area contributed by atoms with E-state index in [0.29, 0.717) is 26.2 Å². The van der Waals surface area contributed by atoms with Gasteiger partial charge in [-0.2, -0.15) is 0 Å². The molecular formula is C19H29Cl2FN4O2. The number of piperazine rings is 1. The predicted molar refractivity (Wildman–Crippen MR) is 112 cm³/mol. The first-order chi connectivity index (χ1) is 12.5. The molecule has 3 N–H and O–H groups in total. The number of carbonyl (C=O) groups is 2. The van der Waals surface area contributed by atoms with E-state index in [1.54, 1.807) is 12.1 Å². The van der Waals surface area contributed by atoms with E-state index >= 15 is 0 Å². The molecule has 1 saturated carbocycles. The molecule has 2 aliphatic rings. The van der Waals surface area contributed by atoms with Gasteiger partial charge in [0.15, 0.2) is 0 Å². The first kappa shape index (κ1) is 24.6. The Kier molecular flexibility index (Phi) is 9.63. The number of nitrogens with two attached hydrogens (primary N) is 1. The summed E-state index contributed by atoms with van der Waals surface area (Å²) in [6.45, 7) is 3.98. The fraction of sp³-hybridized carbons (Fsp3) is 0.579. The maximum Gasteiger partial charge on any atom is 0.254 e. The molecule has 0 aromatic heterocycles. The van der Waals surface area contributed by atoms with Gasteiger partial charge in [-0.05, 0) is 25.0 Å². The van der Waals surface area contributed by atoms with E-state index in [2.05, 4.69) is 10.2 Å². The molecule has 0 spiro atoms. The molecule has 0 radical (unpaired) electrons. The van der Waals surface area contributed by atoms with E-state index < -0.39 is 17.3 Å². The van der Waals surface area contributed by atoms with Crippen molar-refractivity contribution in [2.45, 2.75) is 31.2 Å². The van der Waals surface area contributed by atoms with E-state index in [1.165, 1.54) is 12.1 Å². The molecule has 2 amide bonds. The van der Waals surface area contributed by atoms with Gasteiger partial charge >= 0.3 is 0 Å². The Hall–Kier alpha value is -1.41. The summed E-state index contributed by atoms with van der Waals surface area (Å²) in [6, 6.07) is 5.95. The molecule has 1 aromatic carbocycles. The van der Waals surface area contributed by atoms with Crippen LogP contribution in [0.5, 0.6) is 0 Å². The lowest BCUT2D eigenvalue weighted by molar-refractivity contribution is -0.138. The van der Waals surface area contributed by atoms with E-state index in [0.717, 1.165) is 38.8 Å². The summed E-state index contributed by atoms with van der Waals surface area (Å²) >= 11 is 0. The Morgan fingerprint density at radius 1 is 1.07 bits per heavy atom. The maximum absolute atomic E-state index is 13.6. The third-order valence-electron chi connectivity index (χ3n) is 5.41. The average Bonchev–Trinajstić information content (AvgIpc) is 3.10. The summed E-state index contributed by atoms with van der Waals surface area (Å²) in [5.74, 6) is -0.828. The number of nitrogens with zero attached hydrogens (tertiary/aromatic N) is 2. The standard InChI is InChI=1S/C19H27FN4O2.2ClH/c20-16-6-2-1-5-15(16)17(25)22-9-10-23-11-13-24(14-12-23)18(26)19(21)7-3-4-8-19;;/h1-2,5-6H,3-4,7-14,21H2,(H,22,25);2*1H. The molecule has 3 rings (SSSR count). The third kappa shape index (κ3) is 5.80. The second-order valence-corrected chi connectivity index (χ2v) is 7.23. The minimum Gasteiger partial charge on any atom is -0.351 e. The van der Waals surface area contributed by atoms with Crippen LogP contribution in [0.2, 0.25) is 0 Å². The number of amides is 2. The largest absolute Gasteiger partial charge is 0.351 e. The van der Waals surface area contributed by atoms with E-state index in [9.17, 15) is 14.0 Å². The summed E-state index contributed by atoms with van der Waals surface area (Å²) in [4.78, 5) is 28.7. The quantitative estimate of drug-likeness (QED) is 0.740. The van der Waals surface area contributed by atoms with Crippen LogP contribution in [0.1, 0.15) is 36.0 Å². The number of halogens is 3. The minimum atomic E-state index is -0.657. The van der Waals surface area contributed by atoms with Crippen LogP contribution >= 0.6 is 24.8 Å². The van der Waals surface area contributed by atoms with Crippen LogP contribution in [-0.4, -0.2) is 66.4 Å². The Morgan fingerprint density at radius 2 is 1.68 bits per heavy atom. The van der Waals surface area contributed by atoms with Crippen molar-refractivity contribution in [3.63, 3.8) is 0 Å². The van der Waals surface area contributed by atoms with Crippen LogP contribution in [0.3, 0.4) is 0 Å². The zero-order chi connectivity index (χ0) is 18.6. The zero-order valence-corrected chi connectivity index (χ0v) is 17.5. The number of nitrogens with one attached hydrogen (secondary N) is 1. The van der Waals surface area contributed by atoms with Gasteiger partial charge in [0, 0.05) is 39.3 Å². The van der Waals surface area contributed by atoms with Gasteiger partial charge in [0.2, 0.25) is 5.91 Å². The van der Waals surface area contributed by atoms with Gasteiger partial charge in [-0.3, -0.25) is 14.5 Å². The summed E-state index contributed by atoms with van der Waals surface area (Å²) in [6.07, 6.45) is 3.63. The average molecular weight is 435 g/mol. The summed E-state index contributed by atoms with van der Waals surface area (Å²) in [7, 11) is 0. The SMILES string of the molecule is Cl.Cl.NC1(C(=O)N2CCN(CCNC(=O)c3ccccc3F)CC2)CCCC1. The topological polar surface area (TPSA) is 78.7 Å². The van der Waals surface area contributed by atoms with Gasteiger partial charge in [-0.15, -0.1) is 24.8 Å². The highest BCUT2D eigenvalue weighted by Gasteiger charge is 2.40. The Labute approximate surface area is 177 Å². The zero-order valence-electron chi connectivity index (χ0n) is 15.9. The second-order valence-electron chi connectivity index (χ2n) is 7.23. The maximum atomic E-state index is 13.6. The molecular weight excluding hydrogens is 406 g/mol. The number of hydrogen-bond donors (Lipinski definition) is 2. The van der Waals surface area contributed by atoms with Crippen molar-refractivity contribution in [1.82, 2.24) is 15.1 Å². The van der Waals surface area contributed by atoms with Crippen molar-refractivity contribution >= 4 is 36.6 Å². The molecule has 28 heavy (non-hydrogen) atoms. The van der Waals surface area contributed by atoms with Crippen LogP contribution in [0.25, 0.3) is 0 Å². The molecule has 158 valence electrons. The fourth-order valence-electron chi connectivity index (χ4n) is 3.78. The lowest BCUT2D eigenvalue weighted by atomic mass is 9.97. The molecule has 1 heterocycles. The fourth-order valence-corrected chi connectivity index (χ4v) is 3.78. The van der Waals surface area contributed by atoms with Gasteiger partial charge < -0.3 is 16.0 Å². The van der Waals surface area contributed by atoms with Crippen molar-refractivity contribution in [3.8, 4) is 0 Å². The van der Waals surface area contributed by atoms with Gasteiger partial charge in [0.1, 0.15) is 5.82 Å². The van der Waals surface area contributed by atoms with Crippen molar-refractivity contribution in [2.75, 3.05) is 39.3 Å². The van der Waals surface area contributed by atoms with Crippen molar-refractivity contribution in [2.24, 2.45) is 5.73 Å². The molecule has 0 atom stereocenters. The van der Waals surface area contributed by atoms with Crippen LogP contribution < -0.4 is 11.1 Å². The van der Waals surface area contributed by atoms with Crippen LogP contribution in [0.4, 0.5) is 4.39 Å². The molecule has 1 aromatic rings. The first-order valence-corrected chi connectivity index (χ1v) is 9.33. The van der Waals surface area contributed by atoms with Gasteiger partial charge in [-0.1, -0.05) is 25.0 Å². The Bertz CT molecular complexity index is 663. The Balaban J connectivity index is 0.00000196. The molecule has 9 heteroatoms. The second kappa shape index (κ2) is 11.0. The van der Waals surface area contributed by atoms with Gasteiger partial charge in [0.05, 0.1) is 11.1 Å². The number of carbonyl (C=O) groups excluding carboxylic acids is 2. The van der Waals surface area contributed by atoms with Crippen LogP contribution in [0.15, 0.2) is 24.3 Å². The van der Waals surface area contributed by atoms with Gasteiger partial charge in [0.25, 0.3) is 5.91 Å². The highest BCUT2D eigenvalue weighted by atomic mass is 35.5. The van der Waals surface area contributed by atoms with Crippen molar-refractivity contribution in [1.29, 1.82) is 0 Å². The summed E-state index contributed by atoms with van der Waals surface area (Å²) < 4.78 is 13.6. The summed E-state index contributed by atoms with van der Waals surface area (Å²) in [5, 5.41) is 2.75.